The lowest BCUT2D eigenvalue weighted by molar-refractivity contribution is 0.409. The van der Waals surface area contributed by atoms with Crippen LogP contribution in [-0.4, -0.2) is 10.8 Å². The Labute approximate surface area is 221 Å². The predicted molar refractivity (Wildman–Crippen MR) is 156 cm³/mol. The molecule has 0 aliphatic carbocycles. The zero-order valence-electron chi connectivity index (χ0n) is 20.8. The third kappa shape index (κ3) is 4.21. The Balaban J connectivity index is 1.20. The van der Waals surface area contributed by atoms with Gasteiger partial charge in [0.15, 0.2) is 0 Å². The molecule has 6 aromatic rings. The van der Waals surface area contributed by atoms with Crippen LogP contribution in [0.2, 0.25) is 0 Å². The van der Waals surface area contributed by atoms with E-state index < -0.39 is 0 Å². The van der Waals surface area contributed by atoms with E-state index in [2.05, 4.69) is 120 Å². The molecular weight excluding hydrogens is 464 g/mol. The molecule has 1 aliphatic heterocycles. The molecule has 2 heterocycles. The molecule has 2 unspecified atom stereocenters. The van der Waals surface area contributed by atoms with E-state index >= 15 is 0 Å². The molecule has 5 aromatic carbocycles. The van der Waals surface area contributed by atoms with Gasteiger partial charge in [0.05, 0.1) is 11.2 Å². The molecule has 0 spiro atoms. The molecule has 4 heteroatoms. The number of amidine groups is 1. The zero-order chi connectivity index (χ0) is 25.3. The standard InChI is InChI=1S/C34H26N4/c1-3-10-25(11-4-1)32-36-33(26-12-5-2-6-13-26)38-34(37-32)27-17-15-24(16-18-27)30-22-20-29-28-14-8-7-9-23(28)19-21-31(29)35-30/h1-22,32,34,37H,(H,36,38). The summed E-state index contributed by atoms with van der Waals surface area (Å²) in [6.07, 6.45) is -0.229. The number of hydrogen-bond acceptors (Lipinski definition) is 4. The number of nitrogens with zero attached hydrogens (tertiary/aromatic N) is 2. The van der Waals surface area contributed by atoms with E-state index in [1.54, 1.807) is 0 Å². The number of aromatic nitrogens is 1. The van der Waals surface area contributed by atoms with Crippen molar-refractivity contribution in [2.45, 2.75) is 12.3 Å². The highest BCUT2D eigenvalue weighted by molar-refractivity contribution is 6.06. The van der Waals surface area contributed by atoms with Gasteiger partial charge in [0.25, 0.3) is 0 Å². The first kappa shape index (κ1) is 22.4. The van der Waals surface area contributed by atoms with Crippen LogP contribution in [0.4, 0.5) is 0 Å². The number of rotatable bonds is 4. The van der Waals surface area contributed by atoms with Crippen molar-refractivity contribution in [3.63, 3.8) is 0 Å². The number of pyridine rings is 1. The molecule has 0 bridgehead atoms. The number of aliphatic imine (C=N–C) groups is 1. The molecule has 0 radical (unpaired) electrons. The first-order valence-electron chi connectivity index (χ1n) is 12.9. The van der Waals surface area contributed by atoms with Crippen molar-refractivity contribution in [3.05, 3.63) is 150 Å². The SMILES string of the molecule is c1ccc(C2=NC(c3ccccc3)NC(c3ccc(-c4ccc5c(ccc6ccccc65)n4)cc3)N2)cc1. The minimum absolute atomic E-state index is 0.0853. The van der Waals surface area contributed by atoms with Crippen LogP contribution in [-0.2, 0) is 0 Å². The fourth-order valence-electron chi connectivity index (χ4n) is 5.17. The van der Waals surface area contributed by atoms with Crippen molar-refractivity contribution in [2.75, 3.05) is 0 Å². The maximum absolute atomic E-state index is 5.00. The molecule has 0 saturated carbocycles. The van der Waals surface area contributed by atoms with Gasteiger partial charge >= 0.3 is 0 Å². The maximum atomic E-state index is 5.00. The highest BCUT2D eigenvalue weighted by atomic mass is 15.3. The van der Waals surface area contributed by atoms with Gasteiger partial charge in [0.2, 0.25) is 0 Å². The number of benzene rings is 5. The van der Waals surface area contributed by atoms with Gasteiger partial charge in [-0.25, -0.2) is 9.98 Å². The van der Waals surface area contributed by atoms with Crippen LogP contribution < -0.4 is 10.6 Å². The Bertz CT molecular complexity index is 1760. The summed E-state index contributed by atoms with van der Waals surface area (Å²) in [4.78, 5) is 9.99. The lowest BCUT2D eigenvalue weighted by Gasteiger charge is -2.32. The van der Waals surface area contributed by atoms with Crippen molar-refractivity contribution in [1.29, 1.82) is 0 Å². The summed E-state index contributed by atoms with van der Waals surface area (Å²) in [5.41, 5.74) is 6.43. The smallest absolute Gasteiger partial charge is 0.131 e. The molecule has 2 N–H and O–H groups in total. The van der Waals surface area contributed by atoms with Gasteiger partial charge in [-0.15, -0.1) is 0 Å². The fourth-order valence-corrected chi connectivity index (χ4v) is 5.17. The molecule has 1 aromatic heterocycles. The second kappa shape index (κ2) is 9.58. The second-order valence-corrected chi connectivity index (χ2v) is 9.57. The lowest BCUT2D eigenvalue weighted by Crippen LogP contribution is -2.44. The van der Waals surface area contributed by atoms with Gasteiger partial charge in [-0.1, -0.05) is 121 Å². The van der Waals surface area contributed by atoms with Crippen LogP contribution in [0.3, 0.4) is 0 Å². The van der Waals surface area contributed by atoms with E-state index in [0.29, 0.717) is 0 Å². The molecule has 1 aliphatic rings. The summed E-state index contributed by atoms with van der Waals surface area (Å²) < 4.78 is 0. The highest BCUT2D eigenvalue weighted by Crippen LogP contribution is 2.29. The minimum Gasteiger partial charge on any atom is -0.350 e. The number of fused-ring (bicyclic) bond motifs is 3. The van der Waals surface area contributed by atoms with E-state index in [0.717, 1.165) is 39.3 Å². The highest BCUT2D eigenvalue weighted by Gasteiger charge is 2.25. The van der Waals surface area contributed by atoms with Crippen molar-refractivity contribution in [3.8, 4) is 11.3 Å². The van der Waals surface area contributed by atoms with Crippen molar-refractivity contribution in [1.82, 2.24) is 15.6 Å². The molecule has 2 atom stereocenters. The number of nitrogens with one attached hydrogen (secondary N) is 2. The summed E-state index contributed by atoms with van der Waals surface area (Å²) in [6.45, 7) is 0. The van der Waals surface area contributed by atoms with E-state index in [9.17, 15) is 0 Å². The molecule has 0 saturated heterocycles. The largest absolute Gasteiger partial charge is 0.350 e. The Hall–Kier alpha value is -4.80. The monoisotopic (exact) mass is 490 g/mol. The summed E-state index contributed by atoms with van der Waals surface area (Å²) in [5.74, 6) is 0.885. The van der Waals surface area contributed by atoms with Crippen LogP contribution in [0.25, 0.3) is 32.9 Å². The van der Waals surface area contributed by atoms with E-state index in [-0.39, 0.29) is 12.3 Å². The summed E-state index contributed by atoms with van der Waals surface area (Å²) in [6, 6.07) is 46.3. The Morgan fingerprint density at radius 2 is 1.26 bits per heavy atom. The average molecular weight is 491 g/mol. The van der Waals surface area contributed by atoms with Gasteiger partial charge < -0.3 is 5.32 Å². The minimum atomic E-state index is -0.144. The lowest BCUT2D eigenvalue weighted by atomic mass is 10.0. The van der Waals surface area contributed by atoms with Gasteiger partial charge in [-0.05, 0) is 34.0 Å². The average Bonchev–Trinajstić information content (AvgIpc) is 3.01. The predicted octanol–water partition coefficient (Wildman–Crippen LogP) is 7.39. The van der Waals surface area contributed by atoms with Crippen LogP contribution in [0.5, 0.6) is 0 Å². The van der Waals surface area contributed by atoms with Gasteiger partial charge in [-0.3, -0.25) is 5.32 Å². The van der Waals surface area contributed by atoms with Crippen molar-refractivity contribution in [2.24, 2.45) is 4.99 Å². The Kier molecular flexibility index (Phi) is 5.65. The topological polar surface area (TPSA) is 49.3 Å². The van der Waals surface area contributed by atoms with Gasteiger partial charge in [0.1, 0.15) is 18.2 Å². The van der Waals surface area contributed by atoms with Crippen molar-refractivity contribution < 1.29 is 0 Å². The summed E-state index contributed by atoms with van der Waals surface area (Å²) in [7, 11) is 0. The van der Waals surface area contributed by atoms with E-state index in [1.165, 1.54) is 16.2 Å². The van der Waals surface area contributed by atoms with Gasteiger partial charge in [0, 0.05) is 16.5 Å². The quantitative estimate of drug-likeness (QED) is 0.253. The van der Waals surface area contributed by atoms with Crippen LogP contribution in [0.1, 0.15) is 29.0 Å². The Morgan fingerprint density at radius 3 is 2.08 bits per heavy atom. The first-order chi connectivity index (χ1) is 18.8. The van der Waals surface area contributed by atoms with Crippen molar-refractivity contribution >= 4 is 27.5 Å². The maximum Gasteiger partial charge on any atom is 0.131 e. The second-order valence-electron chi connectivity index (χ2n) is 9.57. The third-order valence-electron chi connectivity index (χ3n) is 7.16. The molecular formula is C34H26N4. The molecule has 4 nitrogen and oxygen atoms in total. The Morgan fingerprint density at radius 1 is 0.526 bits per heavy atom. The van der Waals surface area contributed by atoms with Crippen LogP contribution in [0, 0.1) is 0 Å². The summed E-state index contributed by atoms with van der Waals surface area (Å²) in [5, 5.41) is 10.9. The fraction of sp³-hybridized carbons (Fsp3) is 0.0588. The van der Waals surface area contributed by atoms with E-state index in [4.69, 9.17) is 9.98 Å². The molecule has 0 amide bonds. The molecule has 38 heavy (non-hydrogen) atoms. The molecule has 182 valence electrons. The third-order valence-corrected chi connectivity index (χ3v) is 7.16. The van der Waals surface area contributed by atoms with E-state index in [1.807, 2.05) is 24.3 Å². The van der Waals surface area contributed by atoms with Gasteiger partial charge in [-0.2, -0.15) is 0 Å². The molecule has 7 rings (SSSR count). The zero-order valence-corrected chi connectivity index (χ0v) is 20.8. The van der Waals surface area contributed by atoms with Crippen LogP contribution >= 0.6 is 0 Å². The summed E-state index contributed by atoms with van der Waals surface area (Å²) >= 11 is 0. The number of hydrogen-bond donors (Lipinski definition) is 2. The first-order valence-corrected chi connectivity index (χ1v) is 12.9. The molecule has 0 fully saturated rings. The van der Waals surface area contributed by atoms with Crippen LogP contribution in [0.15, 0.2) is 138 Å². The normalized spacial score (nSPS) is 17.2.